The molecule has 2 aromatic carbocycles. The van der Waals surface area contributed by atoms with Gasteiger partial charge < -0.3 is 4.74 Å². The number of thioether (sulfide) groups is 1. The highest BCUT2D eigenvalue weighted by atomic mass is 32.2. The summed E-state index contributed by atoms with van der Waals surface area (Å²) >= 11 is 3.15. The molecule has 0 aliphatic rings. The minimum Gasteiger partial charge on any atom is -0.383 e. The van der Waals surface area contributed by atoms with Crippen molar-refractivity contribution in [2.45, 2.75) is 24.4 Å². The number of ether oxygens (including phenoxy) is 1. The molecule has 4 rings (SSSR count). The summed E-state index contributed by atoms with van der Waals surface area (Å²) in [5.41, 5.74) is 4.10. The number of rotatable bonds is 8. The van der Waals surface area contributed by atoms with Gasteiger partial charge in [-0.15, -0.1) is 21.5 Å². The Balaban J connectivity index is 1.52. The Bertz CT molecular complexity index is 1120. The van der Waals surface area contributed by atoms with Crippen LogP contribution in [0.5, 0.6) is 0 Å². The van der Waals surface area contributed by atoms with Crippen molar-refractivity contribution in [3.05, 3.63) is 71.0 Å². The molecule has 0 aliphatic heterocycles. The van der Waals surface area contributed by atoms with Crippen LogP contribution < -0.4 is 0 Å². The molecule has 0 fully saturated rings. The van der Waals surface area contributed by atoms with Crippen LogP contribution in [-0.4, -0.2) is 33.5 Å². The molecule has 154 valence electrons. The van der Waals surface area contributed by atoms with Crippen molar-refractivity contribution in [2.75, 3.05) is 13.7 Å². The maximum atomic E-state index is 13.1. The van der Waals surface area contributed by atoms with E-state index in [1.807, 2.05) is 17.5 Å². The summed E-state index contributed by atoms with van der Waals surface area (Å²) in [5.74, 6) is 1.27. The summed E-state index contributed by atoms with van der Waals surface area (Å²) in [6.07, 6.45) is 0. The Kier molecular flexibility index (Phi) is 6.56. The van der Waals surface area contributed by atoms with E-state index in [9.17, 15) is 4.39 Å². The molecule has 8 heteroatoms. The van der Waals surface area contributed by atoms with E-state index in [2.05, 4.69) is 38.8 Å². The summed E-state index contributed by atoms with van der Waals surface area (Å²) in [4.78, 5) is 4.69. The van der Waals surface area contributed by atoms with Crippen molar-refractivity contribution in [3.63, 3.8) is 0 Å². The summed E-state index contributed by atoms with van der Waals surface area (Å²) < 4.78 is 20.5. The lowest BCUT2D eigenvalue weighted by Gasteiger charge is -2.09. The van der Waals surface area contributed by atoms with Gasteiger partial charge in [-0.3, -0.25) is 4.57 Å². The highest BCUT2D eigenvalue weighted by molar-refractivity contribution is 7.98. The van der Waals surface area contributed by atoms with E-state index < -0.39 is 0 Å². The SMILES string of the molecule is COCCn1c(SCc2csc(-c3ccc(F)cc3)n2)nnc1-c1cccc(C)c1. The van der Waals surface area contributed by atoms with E-state index in [4.69, 9.17) is 4.74 Å². The highest BCUT2D eigenvalue weighted by Crippen LogP contribution is 2.29. The first-order chi connectivity index (χ1) is 14.6. The number of aromatic nitrogens is 4. The average Bonchev–Trinajstić information content (AvgIpc) is 3.38. The predicted molar refractivity (Wildman–Crippen MR) is 119 cm³/mol. The number of benzene rings is 2. The monoisotopic (exact) mass is 440 g/mol. The van der Waals surface area contributed by atoms with Crippen LogP contribution in [0.4, 0.5) is 4.39 Å². The first-order valence-electron chi connectivity index (χ1n) is 9.46. The number of methoxy groups -OCH3 is 1. The molecule has 0 atom stereocenters. The first kappa shape index (κ1) is 20.7. The van der Waals surface area contributed by atoms with Crippen molar-refractivity contribution >= 4 is 23.1 Å². The summed E-state index contributed by atoms with van der Waals surface area (Å²) in [6, 6.07) is 14.7. The molecule has 30 heavy (non-hydrogen) atoms. The van der Waals surface area contributed by atoms with Gasteiger partial charge in [0.05, 0.1) is 18.8 Å². The number of hydrogen-bond donors (Lipinski definition) is 0. The Hall–Kier alpha value is -2.55. The lowest BCUT2D eigenvalue weighted by atomic mass is 10.1. The molecule has 2 aromatic heterocycles. The van der Waals surface area contributed by atoms with Gasteiger partial charge in [-0.05, 0) is 37.3 Å². The Morgan fingerprint density at radius 2 is 1.93 bits per heavy atom. The quantitative estimate of drug-likeness (QED) is 0.341. The normalized spacial score (nSPS) is 11.2. The zero-order valence-electron chi connectivity index (χ0n) is 16.7. The van der Waals surface area contributed by atoms with Crippen molar-refractivity contribution < 1.29 is 9.13 Å². The molecular weight excluding hydrogens is 419 g/mol. The van der Waals surface area contributed by atoms with Gasteiger partial charge in [-0.25, -0.2) is 9.37 Å². The summed E-state index contributed by atoms with van der Waals surface area (Å²) in [6.45, 7) is 3.32. The van der Waals surface area contributed by atoms with Gasteiger partial charge >= 0.3 is 0 Å². The van der Waals surface area contributed by atoms with Gasteiger partial charge in [-0.2, -0.15) is 0 Å². The third-order valence-corrected chi connectivity index (χ3v) is 6.44. The molecular formula is C22H21FN4OS2. The smallest absolute Gasteiger partial charge is 0.191 e. The summed E-state index contributed by atoms with van der Waals surface area (Å²) in [5, 5.41) is 12.6. The van der Waals surface area contributed by atoms with Crippen molar-refractivity contribution in [3.8, 4) is 22.0 Å². The summed E-state index contributed by atoms with van der Waals surface area (Å²) in [7, 11) is 1.69. The lowest BCUT2D eigenvalue weighted by Crippen LogP contribution is -2.07. The van der Waals surface area contributed by atoms with Crippen LogP contribution in [0, 0.1) is 12.7 Å². The number of hydrogen-bond acceptors (Lipinski definition) is 6. The second-order valence-electron chi connectivity index (χ2n) is 6.76. The molecule has 0 unspecified atom stereocenters. The molecule has 0 N–H and O–H groups in total. The maximum absolute atomic E-state index is 13.1. The third kappa shape index (κ3) is 4.77. The van der Waals surface area contributed by atoms with Crippen LogP contribution >= 0.6 is 23.1 Å². The van der Waals surface area contributed by atoms with Gasteiger partial charge in [-0.1, -0.05) is 35.5 Å². The number of nitrogens with zero attached hydrogens (tertiary/aromatic N) is 4. The number of aryl methyl sites for hydroxylation is 1. The standard InChI is InChI=1S/C22H21FN4OS2/c1-15-4-3-5-17(12-15)20-25-26-22(27(20)10-11-28-2)30-14-19-13-29-21(24-19)16-6-8-18(23)9-7-16/h3-9,12-13H,10-11,14H2,1-2H3. The molecule has 0 amide bonds. The molecule has 0 saturated heterocycles. The largest absolute Gasteiger partial charge is 0.383 e. The average molecular weight is 441 g/mol. The molecule has 0 bridgehead atoms. The second kappa shape index (κ2) is 9.51. The zero-order chi connectivity index (χ0) is 20.9. The molecule has 2 heterocycles. The molecule has 0 radical (unpaired) electrons. The van der Waals surface area contributed by atoms with E-state index in [1.54, 1.807) is 42.3 Å². The van der Waals surface area contributed by atoms with Crippen LogP contribution in [0.2, 0.25) is 0 Å². The fourth-order valence-electron chi connectivity index (χ4n) is 3.01. The minimum absolute atomic E-state index is 0.245. The second-order valence-corrected chi connectivity index (χ2v) is 8.56. The third-order valence-electron chi connectivity index (χ3n) is 4.50. The zero-order valence-corrected chi connectivity index (χ0v) is 18.3. The number of halogens is 1. The van der Waals surface area contributed by atoms with E-state index in [1.165, 1.54) is 17.7 Å². The van der Waals surface area contributed by atoms with Gasteiger partial charge in [0.2, 0.25) is 0 Å². The van der Waals surface area contributed by atoms with Gasteiger partial charge in [0, 0.05) is 29.4 Å². The van der Waals surface area contributed by atoms with Crippen LogP contribution in [0.3, 0.4) is 0 Å². The van der Waals surface area contributed by atoms with Crippen LogP contribution in [-0.2, 0) is 17.0 Å². The Labute approximate surface area is 183 Å². The van der Waals surface area contributed by atoms with E-state index >= 15 is 0 Å². The molecule has 0 aliphatic carbocycles. The fraction of sp³-hybridized carbons (Fsp3) is 0.227. The molecule has 0 saturated carbocycles. The Morgan fingerprint density at radius 3 is 2.70 bits per heavy atom. The van der Waals surface area contributed by atoms with Gasteiger partial charge in [0.15, 0.2) is 11.0 Å². The Morgan fingerprint density at radius 1 is 1.10 bits per heavy atom. The first-order valence-corrected chi connectivity index (χ1v) is 11.3. The van der Waals surface area contributed by atoms with Crippen molar-refractivity contribution in [2.24, 2.45) is 0 Å². The number of thiazole rings is 1. The van der Waals surface area contributed by atoms with Crippen LogP contribution in [0.15, 0.2) is 59.1 Å². The molecule has 5 nitrogen and oxygen atoms in total. The minimum atomic E-state index is -0.245. The molecule has 0 spiro atoms. The van der Waals surface area contributed by atoms with E-state index in [0.717, 1.165) is 32.8 Å². The predicted octanol–water partition coefficient (Wildman–Crippen LogP) is 5.45. The molecule has 4 aromatic rings. The topological polar surface area (TPSA) is 52.8 Å². The van der Waals surface area contributed by atoms with Crippen molar-refractivity contribution in [1.82, 2.24) is 19.7 Å². The van der Waals surface area contributed by atoms with E-state index in [-0.39, 0.29) is 5.82 Å². The van der Waals surface area contributed by atoms with E-state index in [0.29, 0.717) is 18.9 Å². The van der Waals surface area contributed by atoms with Gasteiger partial charge in [0.1, 0.15) is 10.8 Å². The lowest BCUT2D eigenvalue weighted by molar-refractivity contribution is 0.185. The van der Waals surface area contributed by atoms with Crippen molar-refractivity contribution in [1.29, 1.82) is 0 Å². The van der Waals surface area contributed by atoms with Crippen LogP contribution in [0.25, 0.3) is 22.0 Å². The van der Waals surface area contributed by atoms with Crippen LogP contribution in [0.1, 0.15) is 11.3 Å². The fourth-order valence-corrected chi connectivity index (χ4v) is 4.80. The maximum Gasteiger partial charge on any atom is 0.191 e. The highest BCUT2D eigenvalue weighted by Gasteiger charge is 2.15. The van der Waals surface area contributed by atoms with Gasteiger partial charge in [0.25, 0.3) is 0 Å².